The van der Waals surface area contributed by atoms with Crippen LogP contribution in [0.3, 0.4) is 0 Å². The first-order valence-electron chi connectivity index (χ1n) is 8.67. The van der Waals surface area contributed by atoms with Crippen LogP contribution in [0.4, 0.5) is 0 Å². The Bertz CT molecular complexity index is 1050. The fraction of sp³-hybridized carbons (Fsp3) is 0.238. The molecule has 3 rings (SSSR count). The van der Waals surface area contributed by atoms with Crippen LogP contribution >= 0.6 is 0 Å². The van der Waals surface area contributed by atoms with Gasteiger partial charge in [-0.05, 0) is 60.5 Å². The summed E-state index contributed by atoms with van der Waals surface area (Å²) >= 11 is 0. The quantitative estimate of drug-likeness (QED) is 0.670. The van der Waals surface area contributed by atoms with Crippen molar-refractivity contribution >= 4 is 20.8 Å². The third-order valence-electron chi connectivity index (χ3n) is 4.27. The molecule has 142 valence electrons. The molecule has 0 aromatic heterocycles. The monoisotopic (exact) mass is 385 g/mol. The van der Waals surface area contributed by atoms with Gasteiger partial charge >= 0.3 is 0 Å². The van der Waals surface area contributed by atoms with Gasteiger partial charge in [0.15, 0.2) is 0 Å². The normalized spacial score (nSPS) is 12.7. The Hall–Kier alpha value is -2.57. The first-order chi connectivity index (χ1) is 12.9. The van der Waals surface area contributed by atoms with Crippen LogP contribution in [0.1, 0.15) is 12.5 Å². The zero-order valence-corrected chi connectivity index (χ0v) is 16.4. The molecule has 0 amide bonds. The second-order valence-corrected chi connectivity index (χ2v) is 8.19. The summed E-state index contributed by atoms with van der Waals surface area (Å²) in [6.07, 6.45) is 0. The Morgan fingerprint density at radius 1 is 1.00 bits per heavy atom. The van der Waals surface area contributed by atoms with Gasteiger partial charge < -0.3 is 9.47 Å². The van der Waals surface area contributed by atoms with Gasteiger partial charge in [0.25, 0.3) is 0 Å². The second kappa shape index (κ2) is 7.98. The van der Waals surface area contributed by atoms with E-state index >= 15 is 0 Å². The molecule has 0 heterocycles. The molecule has 0 saturated heterocycles. The predicted octanol–water partition coefficient (Wildman–Crippen LogP) is 3.90. The van der Waals surface area contributed by atoms with E-state index in [0.29, 0.717) is 0 Å². The Labute approximate surface area is 160 Å². The van der Waals surface area contributed by atoms with Gasteiger partial charge in [0.1, 0.15) is 18.1 Å². The van der Waals surface area contributed by atoms with E-state index in [1.165, 1.54) is 0 Å². The molecule has 6 heteroatoms. The number of aryl methyl sites for hydroxylation is 1. The van der Waals surface area contributed by atoms with Gasteiger partial charge in [0, 0.05) is 0 Å². The molecule has 0 aliphatic rings. The maximum atomic E-state index is 12.7. The molecule has 1 atom stereocenters. The van der Waals surface area contributed by atoms with Crippen molar-refractivity contribution in [1.29, 1.82) is 0 Å². The Morgan fingerprint density at radius 2 is 1.70 bits per heavy atom. The summed E-state index contributed by atoms with van der Waals surface area (Å²) in [5, 5.41) is 1.76. The van der Waals surface area contributed by atoms with Gasteiger partial charge in [-0.1, -0.05) is 30.3 Å². The van der Waals surface area contributed by atoms with Crippen molar-refractivity contribution in [3.63, 3.8) is 0 Å². The summed E-state index contributed by atoms with van der Waals surface area (Å²) in [7, 11) is -2.04. The van der Waals surface area contributed by atoms with Crippen LogP contribution in [-0.2, 0) is 10.0 Å². The SMILES string of the molecule is COc1ccc2cc(S(=O)(=O)NC(C)COc3ccccc3C)ccc2c1. The number of rotatable bonds is 7. The number of fused-ring (bicyclic) bond motifs is 1. The topological polar surface area (TPSA) is 64.6 Å². The average Bonchev–Trinajstić information content (AvgIpc) is 2.66. The standard InChI is InChI=1S/C21H23NO4S/c1-15-6-4-5-7-21(15)26-14-16(2)22-27(23,24)20-11-9-17-12-19(25-3)10-8-18(17)13-20/h4-13,16,22H,14H2,1-3H3. The van der Waals surface area contributed by atoms with Crippen molar-refractivity contribution < 1.29 is 17.9 Å². The summed E-state index contributed by atoms with van der Waals surface area (Å²) in [5.41, 5.74) is 1.01. The number of hydrogen-bond donors (Lipinski definition) is 1. The van der Waals surface area contributed by atoms with E-state index in [2.05, 4.69) is 4.72 Å². The average molecular weight is 385 g/mol. The summed E-state index contributed by atoms with van der Waals surface area (Å²) in [6.45, 7) is 3.98. The molecule has 1 unspecified atom stereocenters. The van der Waals surface area contributed by atoms with Gasteiger partial charge in [-0.15, -0.1) is 0 Å². The Kier molecular flexibility index (Phi) is 5.68. The van der Waals surface area contributed by atoms with Crippen LogP contribution in [0.25, 0.3) is 10.8 Å². The first-order valence-corrected chi connectivity index (χ1v) is 10.2. The number of sulfonamides is 1. The van der Waals surface area contributed by atoms with Crippen LogP contribution in [-0.4, -0.2) is 28.2 Å². The van der Waals surface area contributed by atoms with Crippen LogP contribution < -0.4 is 14.2 Å². The highest BCUT2D eigenvalue weighted by Gasteiger charge is 2.18. The molecule has 0 aliphatic carbocycles. The van der Waals surface area contributed by atoms with Gasteiger partial charge in [-0.2, -0.15) is 0 Å². The highest BCUT2D eigenvalue weighted by Crippen LogP contribution is 2.24. The zero-order valence-electron chi connectivity index (χ0n) is 15.6. The van der Waals surface area contributed by atoms with E-state index in [-0.39, 0.29) is 17.5 Å². The summed E-state index contributed by atoms with van der Waals surface area (Å²) < 4.78 is 39.0. The number of hydrogen-bond acceptors (Lipinski definition) is 4. The predicted molar refractivity (Wildman–Crippen MR) is 107 cm³/mol. The number of nitrogens with one attached hydrogen (secondary N) is 1. The number of benzene rings is 3. The minimum absolute atomic E-state index is 0.225. The smallest absolute Gasteiger partial charge is 0.240 e. The molecule has 27 heavy (non-hydrogen) atoms. The third-order valence-corrected chi connectivity index (χ3v) is 5.86. The summed E-state index contributed by atoms with van der Waals surface area (Å²) in [4.78, 5) is 0.225. The molecule has 0 fully saturated rings. The number of methoxy groups -OCH3 is 1. The summed E-state index contributed by atoms with van der Waals surface area (Å²) in [5.74, 6) is 1.49. The van der Waals surface area contributed by atoms with E-state index in [1.54, 1.807) is 32.2 Å². The van der Waals surface area contributed by atoms with E-state index in [0.717, 1.165) is 27.8 Å². The molecule has 3 aromatic carbocycles. The van der Waals surface area contributed by atoms with Crippen molar-refractivity contribution in [1.82, 2.24) is 4.72 Å². The number of para-hydroxylation sites is 1. The number of ether oxygens (including phenoxy) is 2. The van der Waals surface area contributed by atoms with E-state index in [1.807, 2.05) is 49.4 Å². The van der Waals surface area contributed by atoms with Crippen molar-refractivity contribution in [2.75, 3.05) is 13.7 Å². The van der Waals surface area contributed by atoms with Crippen LogP contribution in [0.15, 0.2) is 65.6 Å². The molecule has 0 radical (unpaired) electrons. The van der Waals surface area contributed by atoms with E-state index < -0.39 is 10.0 Å². The van der Waals surface area contributed by atoms with Crippen molar-refractivity contribution in [3.05, 3.63) is 66.2 Å². The van der Waals surface area contributed by atoms with Crippen molar-refractivity contribution in [2.45, 2.75) is 24.8 Å². The maximum absolute atomic E-state index is 12.7. The lowest BCUT2D eigenvalue weighted by atomic mass is 10.1. The molecule has 0 aliphatic heterocycles. The Balaban J connectivity index is 1.72. The highest BCUT2D eigenvalue weighted by atomic mass is 32.2. The molecular weight excluding hydrogens is 362 g/mol. The minimum Gasteiger partial charge on any atom is -0.497 e. The lowest BCUT2D eigenvalue weighted by Crippen LogP contribution is -2.36. The highest BCUT2D eigenvalue weighted by molar-refractivity contribution is 7.89. The van der Waals surface area contributed by atoms with Gasteiger partial charge in [0.2, 0.25) is 10.0 Å². The summed E-state index contributed by atoms with van der Waals surface area (Å²) in [6, 6.07) is 17.8. The molecule has 1 N–H and O–H groups in total. The fourth-order valence-corrected chi connectivity index (χ4v) is 4.06. The molecule has 0 spiro atoms. The Morgan fingerprint density at radius 3 is 2.44 bits per heavy atom. The van der Waals surface area contributed by atoms with E-state index in [9.17, 15) is 8.42 Å². The lowest BCUT2D eigenvalue weighted by molar-refractivity contribution is 0.286. The second-order valence-electron chi connectivity index (χ2n) is 6.47. The van der Waals surface area contributed by atoms with Gasteiger partial charge in [-0.3, -0.25) is 0 Å². The maximum Gasteiger partial charge on any atom is 0.240 e. The largest absolute Gasteiger partial charge is 0.497 e. The van der Waals surface area contributed by atoms with Gasteiger partial charge in [0.05, 0.1) is 18.0 Å². The molecule has 0 saturated carbocycles. The fourth-order valence-electron chi connectivity index (χ4n) is 2.80. The van der Waals surface area contributed by atoms with Crippen LogP contribution in [0.5, 0.6) is 11.5 Å². The first kappa shape index (κ1) is 19.2. The molecule has 5 nitrogen and oxygen atoms in total. The van der Waals surface area contributed by atoms with E-state index in [4.69, 9.17) is 9.47 Å². The van der Waals surface area contributed by atoms with Crippen molar-refractivity contribution in [3.8, 4) is 11.5 Å². The van der Waals surface area contributed by atoms with Crippen LogP contribution in [0.2, 0.25) is 0 Å². The minimum atomic E-state index is -3.64. The molecule has 0 bridgehead atoms. The third kappa shape index (κ3) is 4.59. The van der Waals surface area contributed by atoms with Crippen LogP contribution in [0, 0.1) is 6.92 Å². The van der Waals surface area contributed by atoms with Gasteiger partial charge in [-0.25, -0.2) is 13.1 Å². The van der Waals surface area contributed by atoms with Crippen molar-refractivity contribution in [2.24, 2.45) is 0 Å². The molecule has 3 aromatic rings. The zero-order chi connectivity index (χ0) is 19.4. The molecular formula is C21H23NO4S. The lowest BCUT2D eigenvalue weighted by Gasteiger charge is -2.16.